The first-order valence-electron chi connectivity index (χ1n) is 10.3. The van der Waals surface area contributed by atoms with Crippen molar-refractivity contribution >= 4 is 35.0 Å². The second kappa shape index (κ2) is 10.9. The third-order valence-corrected chi connectivity index (χ3v) is 5.84. The van der Waals surface area contributed by atoms with Crippen molar-refractivity contribution in [2.24, 2.45) is 7.05 Å². The number of anilines is 2. The smallest absolute Gasteiger partial charge is 0.237 e. The molecule has 0 saturated heterocycles. The lowest BCUT2D eigenvalue weighted by Gasteiger charge is -2.16. The van der Waals surface area contributed by atoms with Gasteiger partial charge in [-0.05, 0) is 44.2 Å². The maximum atomic E-state index is 12.7. The molecule has 9 nitrogen and oxygen atoms in total. The van der Waals surface area contributed by atoms with Crippen LogP contribution >= 0.6 is 11.8 Å². The molecule has 2 N–H and O–H groups in total. The average Bonchev–Trinajstić information content (AvgIpc) is 3.14. The highest BCUT2D eigenvalue weighted by atomic mass is 32.2. The van der Waals surface area contributed by atoms with Gasteiger partial charge in [0, 0.05) is 25.3 Å². The van der Waals surface area contributed by atoms with E-state index in [2.05, 4.69) is 20.8 Å². The minimum Gasteiger partial charge on any atom is -0.493 e. The quantitative estimate of drug-likeness (QED) is 0.455. The van der Waals surface area contributed by atoms with Crippen molar-refractivity contribution in [1.82, 2.24) is 14.8 Å². The lowest BCUT2D eigenvalue weighted by Crippen LogP contribution is -2.23. The first-order chi connectivity index (χ1) is 15.8. The van der Waals surface area contributed by atoms with Crippen LogP contribution in [-0.2, 0) is 16.6 Å². The Labute approximate surface area is 196 Å². The number of thioether (sulfide) groups is 1. The van der Waals surface area contributed by atoms with Gasteiger partial charge in [0.1, 0.15) is 0 Å². The Hall–Kier alpha value is -3.53. The first-order valence-corrected chi connectivity index (χ1v) is 11.2. The zero-order chi connectivity index (χ0) is 24.0. The summed E-state index contributed by atoms with van der Waals surface area (Å²) in [5.74, 6) is 1.50. The van der Waals surface area contributed by atoms with Gasteiger partial charge in [-0.1, -0.05) is 30.0 Å². The van der Waals surface area contributed by atoms with Gasteiger partial charge in [0.05, 0.1) is 12.4 Å². The van der Waals surface area contributed by atoms with E-state index in [1.165, 1.54) is 18.7 Å². The predicted molar refractivity (Wildman–Crippen MR) is 128 cm³/mol. The normalized spacial score (nSPS) is 12.5. The maximum Gasteiger partial charge on any atom is 0.237 e. The molecule has 0 aliphatic carbocycles. The fourth-order valence-corrected chi connectivity index (χ4v) is 3.90. The number of amides is 2. The summed E-state index contributed by atoms with van der Waals surface area (Å²) < 4.78 is 13.2. The van der Waals surface area contributed by atoms with Crippen molar-refractivity contribution in [3.63, 3.8) is 0 Å². The monoisotopic (exact) mass is 469 g/mol. The third-order valence-electron chi connectivity index (χ3n) is 4.71. The standard InChI is InChI=1S/C23H27N5O4S/c1-14(32-20-12-7-6-11-19(20)31-5)21-26-27-23(28(21)4)33-15(2)22(30)25-18-10-8-9-17(13-18)24-16(3)29/h6-15H,1-5H3,(H,24,29)(H,25,30). The lowest BCUT2D eigenvalue weighted by molar-refractivity contribution is -0.115. The highest BCUT2D eigenvalue weighted by Gasteiger charge is 2.22. The molecule has 1 aromatic heterocycles. The molecule has 0 fully saturated rings. The molecule has 0 aliphatic rings. The molecule has 0 spiro atoms. The van der Waals surface area contributed by atoms with E-state index >= 15 is 0 Å². The second-order valence-electron chi connectivity index (χ2n) is 7.32. The molecule has 2 unspecified atom stereocenters. The number of carbonyl (C=O) groups excluding carboxylic acids is 2. The fraction of sp³-hybridized carbons (Fsp3) is 0.304. The van der Waals surface area contributed by atoms with Crippen molar-refractivity contribution in [3.05, 3.63) is 54.4 Å². The average molecular weight is 470 g/mol. The van der Waals surface area contributed by atoms with Gasteiger partial charge < -0.3 is 24.7 Å². The Morgan fingerprint density at radius 2 is 1.67 bits per heavy atom. The number of nitrogens with zero attached hydrogens (tertiary/aromatic N) is 3. The number of benzene rings is 2. The SMILES string of the molecule is COc1ccccc1OC(C)c1nnc(SC(C)C(=O)Nc2cccc(NC(C)=O)c2)n1C. The maximum absolute atomic E-state index is 12.7. The summed E-state index contributed by atoms with van der Waals surface area (Å²) in [5, 5.41) is 14.2. The number of para-hydroxylation sites is 2. The summed E-state index contributed by atoms with van der Waals surface area (Å²) in [4.78, 5) is 23.9. The van der Waals surface area contributed by atoms with Crippen molar-refractivity contribution in [2.45, 2.75) is 37.3 Å². The highest BCUT2D eigenvalue weighted by Crippen LogP contribution is 2.31. The molecule has 174 valence electrons. The van der Waals surface area contributed by atoms with Crippen LogP contribution < -0.4 is 20.1 Å². The van der Waals surface area contributed by atoms with Crippen LogP contribution in [0.5, 0.6) is 11.5 Å². The summed E-state index contributed by atoms with van der Waals surface area (Å²) in [6.45, 7) is 5.10. The molecule has 2 amide bonds. The van der Waals surface area contributed by atoms with E-state index in [9.17, 15) is 9.59 Å². The minimum absolute atomic E-state index is 0.176. The summed E-state index contributed by atoms with van der Waals surface area (Å²) in [5.41, 5.74) is 1.21. The Morgan fingerprint density at radius 1 is 1.00 bits per heavy atom. The van der Waals surface area contributed by atoms with Crippen molar-refractivity contribution in [1.29, 1.82) is 0 Å². The number of hydrogen-bond donors (Lipinski definition) is 2. The van der Waals surface area contributed by atoms with E-state index in [0.29, 0.717) is 33.9 Å². The number of nitrogens with one attached hydrogen (secondary N) is 2. The molecule has 1 heterocycles. The van der Waals surface area contributed by atoms with Gasteiger partial charge in [0.15, 0.2) is 28.6 Å². The van der Waals surface area contributed by atoms with Gasteiger partial charge in [-0.2, -0.15) is 0 Å². The van der Waals surface area contributed by atoms with Gasteiger partial charge in [0.25, 0.3) is 0 Å². The summed E-state index contributed by atoms with van der Waals surface area (Å²) in [6, 6.07) is 14.4. The van der Waals surface area contributed by atoms with Crippen molar-refractivity contribution in [2.75, 3.05) is 17.7 Å². The van der Waals surface area contributed by atoms with Crippen molar-refractivity contribution in [3.8, 4) is 11.5 Å². The Kier molecular flexibility index (Phi) is 7.94. The van der Waals surface area contributed by atoms with Crippen molar-refractivity contribution < 1.29 is 19.1 Å². The third kappa shape index (κ3) is 6.26. The molecule has 0 bridgehead atoms. The van der Waals surface area contributed by atoms with E-state index in [0.717, 1.165) is 0 Å². The number of hydrogen-bond acceptors (Lipinski definition) is 7. The number of rotatable bonds is 9. The van der Waals surface area contributed by atoms with Crippen LogP contribution in [0.3, 0.4) is 0 Å². The van der Waals surface area contributed by atoms with E-state index in [4.69, 9.17) is 9.47 Å². The molecule has 0 aliphatic heterocycles. The van der Waals surface area contributed by atoms with E-state index in [1.54, 1.807) is 38.3 Å². The molecule has 10 heteroatoms. The second-order valence-corrected chi connectivity index (χ2v) is 8.63. The van der Waals surface area contributed by atoms with Crippen LogP contribution in [0.1, 0.15) is 32.7 Å². The van der Waals surface area contributed by atoms with E-state index in [-0.39, 0.29) is 17.9 Å². The molecular weight excluding hydrogens is 442 g/mol. The predicted octanol–water partition coefficient (Wildman–Crippen LogP) is 4.04. The summed E-state index contributed by atoms with van der Waals surface area (Å²) >= 11 is 1.29. The van der Waals surface area contributed by atoms with Crippen LogP contribution in [0.15, 0.2) is 53.7 Å². The molecule has 0 saturated carbocycles. The van der Waals surface area contributed by atoms with Gasteiger partial charge in [-0.3, -0.25) is 9.59 Å². The number of ether oxygens (including phenoxy) is 2. The summed E-state index contributed by atoms with van der Waals surface area (Å²) in [6.07, 6.45) is -0.381. The zero-order valence-corrected chi connectivity index (χ0v) is 20.0. The topological polar surface area (TPSA) is 107 Å². The largest absolute Gasteiger partial charge is 0.493 e. The fourth-order valence-electron chi connectivity index (χ4n) is 3.08. The Morgan fingerprint density at radius 3 is 2.33 bits per heavy atom. The molecule has 2 aromatic carbocycles. The van der Waals surface area contributed by atoms with Gasteiger partial charge in [-0.15, -0.1) is 10.2 Å². The van der Waals surface area contributed by atoms with Gasteiger partial charge in [-0.25, -0.2) is 0 Å². The van der Waals surface area contributed by atoms with Crippen LogP contribution in [0, 0.1) is 0 Å². The van der Waals surface area contributed by atoms with E-state index < -0.39 is 5.25 Å². The molecular formula is C23H27N5O4S. The summed E-state index contributed by atoms with van der Waals surface area (Å²) in [7, 11) is 3.42. The van der Waals surface area contributed by atoms with Crippen LogP contribution in [0.25, 0.3) is 0 Å². The molecule has 0 radical (unpaired) electrons. The molecule has 33 heavy (non-hydrogen) atoms. The Bertz CT molecular complexity index is 1130. The zero-order valence-electron chi connectivity index (χ0n) is 19.2. The number of methoxy groups -OCH3 is 1. The first kappa shape index (κ1) is 24.1. The van der Waals surface area contributed by atoms with Crippen LogP contribution in [0.2, 0.25) is 0 Å². The molecule has 3 rings (SSSR count). The van der Waals surface area contributed by atoms with Gasteiger partial charge >= 0.3 is 0 Å². The van der Waals surface area contributed by atoms with Crippen LogP contribution in [-0.4, -0.2) is 38.9 Å². The van der Waals surface area contributed by atoms with E-state index in [1.807, 2.05) is 42.8 Å². The number of aromatic nitrogens is 3. The van der Waals surface area contributed by atoms with Crippen LogP contribution in [0.4, 0.5) is 11.4 Å². The highest BCUT2D eigenvalue weighted by molar-refractivity contribution is 8.00. The lowest BCUT2D eigenvalue weighted by atomic mass is 10.2. The Balaban J connectivity index is 1.64. The molecule has 2 atom stereocenters. The molecule has 3 aromatic rings. The minimum atomic E-state index is -0.435. The van der Waals surface area contributed by atoms with Gasteiger partial charge in [0.2, 0.25) is 11.8 Å². The number of carbonyl (C=O) groups is 2.